The first-order valence-corrected chi connectivity index (χ1v) is 14.3. The van der Waals surface area contributed by atoms with E-state index in [1.807, 2.05) is 30.8 Å². The number of carboxylic acid groups (broad SMARTS) is 2. The molecule has 40 heavy (non-hydrogen) atoms. The number of benzene rings is 2. The van der Waals surface area contributed by atoms with E-state index >= 15 is 0 Å². The van der Waals surface area contributed by atoms with Gasteiger partial charge in [0.15, 0.2) is 11.2 Å². The van der Waals surface area contributed by atoms with Crippen LogP contribution in [0.5, 0.6) is 5.75 Å². The minimum absolute atomic E-state index is 0. The van der Waals surface area contributed by atoms with Gasteiger partial charge in [0.1, 0.15) is 17.3 Å². The molecule has 3 aromatic rings. The van der Waals surface area contributed by atoms with E-state index in [0.29, 0.717) is 30.6 Å². The van der Waals surface area contributed by atoms with Gasteiger partial charge in [0, 0.05) is 29.3 Å². The van der Waals surface area contributed by atoms with Crippen LogP contribution in [0.3, 0.4) is 0 Å². The second kappa shape index (κ2) is 19.0. The van der Waals surface area contributed by atoms with Crippen LogP contribution in [-0.2, 0) is 17.0 Å². The number of carboxylic acids is 2. The predicted molar refractivity (Wildman–Crippen MR) is 145 cm³/mol. The summed E-state index contributed by atoms with van der Waals surface area (Å²) in [6.45, 7) is 4.43. The number of rotatable bonds is 16. The summed E-state index contributed by atoms with van der Waals surface area (Å²) in [4.78, 5) is 34.9. The molecule has 1 atom stereocenters. The summed E-state index contributed by atoms with van der Waals surface area (Å²) in [6.07, 6.45) is 4.61. The SMILES string of the molecule is CCCCSCc1cccc(C(CCCC(=O)[O-])COc2ccc3c(=O)cc(C(=O)[O-])oc3c2CCC)c1.[Na+].[Na+]. The van der Waals surface area contributed by atoms with Crippen molar-refractivity contribution in [2.75, 3.05) is 12.4 Å². The quantitative estimate of drug-likeness (QED) is 0.143. The molecule has 0 amide bonds. The number of hydrogen-bond donors (Lipinski definition) is 0. The Labute approximate surface area is 284 Å². The molecule has 7 nitrogen and oxygen atoms in total. The van der Waals surface area contributed by atoms with Gasteiger partial charge in [-0.3, -0.25) is 4.79 Å². The molecule has 0 spiro atoms. The third-order valence-electron chi connectivity index (χ3n) is 6.37. The van der Waals surface area contributed by atoms with Crippen LogP contribution in [0.1, 0.15) is 85.5 Å². The summed E-state index contributed by atoms with van der Waals surface area (Å²) < 4.78 is 11.8. The number of fused-ring (bicyclic) bond motifs is 1. The Morgan fingerprint density at radius 3 is 2.48 bits per heavy atom. The average Bonchev–Trinajstić information content (AvgIpc) is 2.89. The van der Waals surface area contributed by atoms with Crippen molar-refractivity contribution < 1.29 is 88.1 Å². The summed E-state index contributed by atoms with van der Waals surface area (Å²) in [7, 11) is 0. The maximum Gasteiger partial charge on any atom is 1.00 e. The number of ether oxygens (including phenoxy) is 1. The van der Waals surface area contributed by atoms with Crippen LogP contribution in [0.25, 0.3) is 11.0 Å². The van der Waals surface area contributed by atoms with Crippen molar-refractivity contribution in [2.24, 2.45) is 0 Å². The minimum atomic E-state index is -1.56. The van der Waals surface area contributed by atoms with Crippen LogP contribution in [0.4, 0.5) is 0 Å². The molecule has 3 rings (SSSR count). The maximum absolute atomic E-state index is 12.5. The summed E-state index contributed by atoms with van der Waals surface area (Å²) in [5, 5.41) is 22.7. The van der Waals surface area contributed by atoms with Gasteiger partial charge in [-0.2, -0.15) is 11.8 Å². The number of aryl methyl sites for hydroxylation is 1. The van der Waals surface area contributed by atoms with Crippen molar-refractivity contribution in [3.05, 3.63) is 75.1 Å². The van der Waals surface area contributed by atoms with Gasteiger partial charge in [0.2, 0.25) is 0 Å². The summed E-state index contributed by atoms with van der Waals surface area (Å²) in [6, 6.07) is 12.5. The smallest absolute Gasteiger partial charge is 0.550 e. The molecule has 0 aliphatic carbocycles. The molecule has 2 aromatic carbocycles. The Morgan fingerprint density at radius 2 is 1.80 bits per heavy atom. The van der Waals surface area contributed by atoms with Crippen molar-refractivity contribution in [1.29, 1.82) is 0 Å². The van der Waals surface area contributed by atoms with Gasteiger partial charge in [-0.15, -0.1) is 0 Å². The minimum Gasteiger partial charge on any atom is -0.550 e. The molecule has 0 saturated heterocycles. The fraction of sp³-hybridized carbons (Fsp3) is 0.433. The van der Waals surface area contributed by atoms with E-state index in [0.717, 1.165) is 36.0 Å². The third kappa shape index (κ3) is 10.9. The molecular weight excluding hydrogens is 550 g/mol. The van der Waals surface area contributed by atoms with Crippen LogP contribution in [0.2, 0.25) is 0 Å². The summed E-state index contributed by atoms with van der Waals surface area (Å²) in [5.74, 6) is -0.702. The topological polar surface area (TPSA) is 120 Å². The van der Waals surface area contributed by atoms with Gasteiger partial charge in [0.25, 0.3) is 0 Å². The molecule has 0 aliphatic heterocycles. The number of aliphatic carboxylic acids is 1. The van der Waals surface area contributed by atoms with Crippen LogP contribution < -0.4 is 79.5 Å². The Bertz CT molecular complexity index is 1310. The molecule has 0 saturated carbocycles. The molecule has 1 unspecified atom stereocenters. The molecule has 0 N–H and O–H groups in total. The second-order valence-electron chi connectivity index (χ2n) is 9.35. The van der Waals surface area contributed by atoms with Crippen LogP contribution in [0.15, 0.2) is 51.7 Å². The average molecular weight is 585 g/mol. The first-order chi connectivity index (χ1) is 18.3. The van der Waals surface area contributed by atoms with Gasteiger partial charge in [-0.25, -0.2) is 0 Å². The van der Waals surface area contributed by atoms with Crippen molar-refractivity contribution in [1.82, 2.24) is 0 Å². The second-order valence-corrected chi connectivity index (χ2v) is 10.5. The molecule has 1 aromatic heterocycles. The number of carbonyl (C=O) groups excluding carboxylic acids is 2. The molecule has 0 aliphatic rings. The zero-order valence-electron chi connectivity index (χ0n) is 24.0. The third-order valence-corrected chi connectivity index (χ3v) is 7.48. The molecule has 0 bridgehead atoms. The standard InChI is InChI=1S/C30H36O7S.2Na/c1-3-5-15-38-19-20-9-6-10-21(16-20)22(11-7-12-28(32)33)18-36-26-14-13-23-25(31)17-27(30(34)35)37-29(23)24(26)8-4-2;;/h6,9-10,13-14,16-17,22H,3-5,7-8,11-12,15,18-19H2,1-2H3,(H,32,33)(H,34,35);;/q;2*+1/p-2. The predicted octanol–water partition coefficient (Wildman–Crippen LogP) is -1.77. The monoisotopic (exact) mass is 584 g/mol. The van der Waals surface area contributed by atoms with Gasteiger partial charge in [0.05, 0.1) is 12.0 Å². The Balaban J connectivity index is 0.00000400. The number of carbonyl (C=O) groups is 2. The van der Waals surface area contributed by atoms with Crippen molar-refractivity contribution in [3.63, 3.8) is 0 Å². The van der Waals surface area contributed by atoms with Crippen LogP contribution in [0, 0.1) is 0 Å². The van der Waals surface area contributed by atoms with Crippen molar-refractivity contribution in [2.45, 2.75) is 70.5 Å². The van der Waals surface area contributed by atoms with Gasteiger partial charge < -0.3 is 29.0 Å². The zero-order chi connectivity index (χ0) is 27.5. The van der Waals surface area contributed by atoms with Crippen LogP contribution >= 0.6 is 11.8 Å². The normalized spacial score (nSPS) is 11.3. The molecule has 0 fully saturated rings. The largest absolute Gasteiger partial charge is 1.00 e. The Hall–Kier alpha value is -1.26. The van der Waals surface area contributed by atoms with E-state index < -0.39 is 23.1 Å². The van der Waals surface area contributed by atoms with E-state index in [4.69, 9.17) is 9.15 Å². The molecule has 1 heterocycles. The van der Waals surface area contributed by atoms with E-state index in [9.17, 15) is 24.6 Å². The maximum atomic E-state index is 12.5. The first-order valence-electron chi connectivity index (χ1n) is 13.1. The number of unbranched alkanes of at least 4 members (excludes halogenated alkanes) is 1. The Kier molecular flexibility index (Phi) is 17.5. The Morgan fingerprint density at radius 1 is 1.02 bits per heavy atom. The molecular formula is C30H34Na2O7S. The number of hydrogen-bond acceptors (Lipinski definition) is 8. The number of aromatic carboxylic acids is 1. The molecule has 10 heteroatoms. The zero-order valence-corrected chi connectivity index (χ0v) is 28.8. The molecule has 0 radical (unpaired) electrons. The fourth-order valence-corrected chi connectivity index (χ4v) is 5.43. The van der Waals surface area contributed by atoms with Crippen molar-refractivity contribution >= 4 is 34.7 Å². The van der Waals surface area contributed by atoms with Crippen LogP contribution in [-0.4, -0.2) is 24.3 Å². The van der Waals surface area contributed by atoms with E-state index in [-0.39, 0.29) is 89.0 Å². The first kappa shape index (κ1) is 36.8. The number of thioether (sulfide) groups is 1. The van der Waals surface area contributed by atoms with E-state index in [1.165, 1.54) is 12.0 Å². The van der Waals surface area contributed by atoms with Gasteiger partial charge in [-0.05, 0) is 61.1 Å². The molecule has 204 valence electrons. The van der Waals surface area contributed by atoms with Gasteiger partial charge in [-0.1, -0.05) is 51.0 Å². The van der Waals surface area contributed by atoms with Gasteiger partial charge >= 0.3 is 59.1 Å². The summed E-state index contributed by atoms with van der Waals surface area (Å²) in [5.41, 5.74) is 2.64. The summed E-state index contributed by atoms with van der Waals surface area (Å²) >= 11 is 1.90. The van der Waals surface area contributed by atoms with Crippen molar-refractivity contribution in [3.8, 4) is 5.75 Å². The van der Waals surface area contributed by atoms with E-state index in [1.54, 1.807) is 12.1 Å². The van der Waals surface area contributed by atoms with E-state index in [2.05, 4.69) is 19.1 Å². The fourth-order valence-electron chi connectivity index (χ4n) is 4.38.